The second kappa shape index (κ2) is 7.84. The molecule has 0 unspecified atom stereocenters. The van der Waals surface area contributed by atoms with Crippen LogP contribution in [-0.2, 0) is 23.8 Å². The maximum atomic E-state index is 10.2. The number of methoxy groups -OCH3 is 1. The van der Waals surface area contributed by atoms with Crippen molar-refractivity contribution in [2.75, 3.05) is 20.0 Å². The van der Waals surface area contributed by atoms with Gasteiger partial charge in [-0.25, -0.2) is 4.79 Å². The highest BCUT2D eigenvalue weighted by Gasteiger charge is 2.06. The van der Waals surface area contributed by atoms with Gasteiger partial charge in [0.15, 0.2) is 6.61 Å². The standard InChI is InChI=1S/C6H6.C4H8O5S/c1-2-4-6-5-3-1;1-8-4(5)3-9-10(2,6)7/h1-6H;3H2,1-2H3. The van der Waals surface area contributed by atoms with Crippen LogP contribution in [0.15, 0.2) is 36.4 Å². The van der Waals surface area contributed by atoms with E-state index in [1.54, 1.807) is 0 Å². The number of esters is 1. The normalized spacial score (nSPS) is 9.88. The lowest BCUT2D eigenvalue weighted by atomic mass is 10.4. The summed E-state index contributed by atoms with van der Waals surface area (Å²) in [7, 11) is -2.38. The molecule has 16 heavy (non-hydrogen) atoms. The summed E-state index contributed by atoms with van der Waals surface area (Å²) in [6.07, 6.45) is 0.857. The van der Waals surface area contributed by atoms with Crippen LogP contribution >= 0.6 is 0 Å². The van der Waals surface area contributed by atoms with E-state index in [9.17, 15) is 13.2 Å². The largest absolute Gasteiger partial charge is 0.467 e. The Balaban J connectivity index is 0.000000315. The van der Waals surface area contributed by atoms with Gasteiger partial charge < -0.3 is 4.74 Å². The van der Waals surface area contributed by atoms with Crippen LogP contribution in [0, 0.1) is 0 Å². The van der Waals surface area contributed by atoms with Gasteiger partial charge in [0.25, 0.3) is 10.1 Å². The summed E-state index contributed by atoms with van der Waals surface area (Å²) >= 11 is 0. The first kappa shape index (κ1) is 14.6. The van der Waals surface area contributed by atoms with Gasteiger partial charge in [0, 0.05) is 0 Å². The topological polar surface area (TPSA) is 69.7 Å². The van der Waals surface area contributed by atoms with Gasteiger partial charge in [-0.15, -0.1) is 0 Å². The molecule has 0 atom stereocenters. The zero-order valence-electron chi connectivity index (χ0n) is 9.12. The molecule has 0 radical (unpaired) electrons. The number of carbonyl (C=O) groups excluding carboxylic acids is 1. The number of hydrogen-bond acceptors (Lipinski definition) is 5. The second-order valence-electron chi connectivity index (χ2n) is 2.70. The molecule has 0 aliphatic rings. The van der Waals surface area contributed by atoms with Crippen LogP contribution in [0.5, 0.6) is 0 Å². The lowest BCUT2D eigenvalue weighted by Crippen LogP contribution is -2.13. The first-order valence-electron chi connectivity index (χ1n) is 4.37. The van der Waals surface area contributed by atoms with Crippen molar-refractivity contribution in [2.45, 2.75) is 0 Å². The number of rotatable bonds is 3. The Morgan fingerprint density at radius 1 is 1.06 bits per heavy atom. The van der Waals surface area contributed by atoms with E-state index >= 15 is 0 Å². The average molecular weight is 246 g/mol. The molecule has 0 bridgehead atoms. The van der Waals surface area contributed by atoms with Crippen molar-refractivity contribution in [2.24, 2.45) is 0 Å². The molecule has 0 aromatic heterocycles. The quantitative estimate of drug-likeness (QED) is 0.583. The molecule has 6 heteroatoms. The van der Waals surface area contributed by atoms with Gasteiger partial charge in [-0.3, -0.25) is 4.18 Å². The molecular weight excluding hydrogens is 232 g/mol. The summed E-state index contributed by atoms with van der Waals surface area (Å²) in [4.78, 5) is 10.2. The summed E-state index contributed by atoms with van der Waals surface area (Å²) in [6.45, 7) is -0.560. The van der Waals surface area contributed by atoms with Crippen LogP contribution in [-0.4, -0.2) is 34.4 Å². The van der Waals surface area contributed by atoms with Crippen LogP contribution < -0.4 is 0 Å². The molecule has 0 N–H and O–H groups in total. The van der Waals surface area contributed by atoms with E-state index in [4.69, 9.17) is 0 Å². The van der Waals surface area contributed by atoms with E-state index in [0.717, 1.165) is 13.4 Å². The van der Waals surface area contributed by atoms with Gasteiger partial charge >= 0.3 is 5.97 Å². The Bertz CT molecular complexity index is 358. The molecule has 0 heterocycles. The summed E-state index contributed by atoms with van der Waals surface area (Å²) < 4.78 is 28.6. The van der Waals surface area contributed by atoms with E-state index in [-0.39, 0.29) is 0 Å². The molecular formula is C10H14O5S. The molecule has 0 saturated heterocycles. The third-order valence-corrected chi connectivity index (χ3v) is 1.83. The smallest absolute Gasteiger partial charge is 0.333 e. The van der Waals surface area contributed by atoms with Crippen molar-refractivity contribution >= 4 is 16.1 Å². The maximum absolute atomic E-state index is 10.2. The van der Waals surface area contributed by atoms with Gasteiger partial charge in [0.2, 0.25) is 0 Å². The minimum absolute atomic E-state index is 0.560. The van der Waals surface area contributed by atoms with Crippen molar-refractivity contribution in [1.29, 1.82) is 0 Å². The SMILES string of the molecule is COC(=O)COS(C)(=O)=O.c1ccccc1. The van der Waals surface area contributed by atoms with Crippen LogP contribution in [0.2, 0.25) is 0 Å². The van der Waals surface area contributed by atoms with Crippen molar-refractivity contribution in [1.82, 2.24) is 0 Å². The van der Waals surface area contributed by atoms with Crippen molar-refractivity contribution in [3.05, 3.63) is 36.4 Å². The number of carbonyl (C=O) groups is 1. The zero-order valence-corrected chi connectivity index (χ0v) is 9.94. The minimum Gasteiger partial charge on any atom is -0.467 e. The fraction of sp³-hybridized carbons (Fsp3) is 0.300. The molecule has 1 aromatic carbocycles. The maximum Gasteiger partial charge on any atom is 0.333 e. The number of hydrogen-bond donors (Lipinski definition) is 0. The predicted octanol–water partition coefficient (Wildman–Crippen LogP) is 0.822. The van der Waals surface area contributed by atoms with E-state index in [1.165, 1.54) is 0 Å². The molecule has 1 aromatic rings. The van der Waals surface area contributed by atoms with E-state index in [0.29, 0.717) is 0 Å². The zero-order chi connectivity index (χ0) is 12.4. The highest BCUT2D eigenvalue weighted by molar-refractivity contribution is 7.86. The van der Waals surface area contributed by atoms with Crippen LogP contribution in [0.25, 0.3) is 0 Å². The molecule has 0 fully saturated rings. The highest BCUT2D eigenvalue weighted by Crippen LogP contribution is 1.86. The van der Waals surface area contributed by atoms with Gasteiger partial charge in [-0.05, 0) is 0 Å². The Hall–Kier alpha value is -1.40. The minimum atomic E-state index is -3.53. The molecule has 0 aliphatic carbocycles. The monoisotopic (exact) mass is 246 g/mol. The van der Waals surface area contributed by atoms with Gasteiger partial charge in [-0.2, -0.15) is 8.42 Å². The summed E-state index contributed by atoms with van der Waals surface area (Å²) in [6, 6.07) is 12.0. The molecule has 0 saturated carbocycles. The Morgan fingerprint density at radius 2 is 1.44 bits per heavy atom. The third kappa shape index (κ3) is 10.7. The first-order valence-corrected chi connectivity index (χ1v) is 6.18. The van der Waals surface area contributed by atoms with Crippen LogP contribution in [0.3, 0.4) is 0 Å². The summed E-state index contributed by atoms with van der Waals surface area (Å²) in [5, 5.41) is 0. The van der Waals surface area contributed by atoms with Gasteiger partial charge in [0.05, 0.1) is 13.4 Å². The fourth-order valence-corrected chi connectivity index (χ4v) is 0.909. The first-order chi connectivity index (χ1) is 7.45. The Kier molecular flexibility index (Phi) is 7.15. The molecule has 0 spiro atoms. The lowest BCUT2D eigenvalue weighted by Gasteiger charge is -1.97. The molecule has 0 amide bonds. The Labute approximate surface area is 95.1 Å². The van der Waals surface area contributed by atoms with Crippen LogP contribution in [0.4, 0.5) is 0 Å². The average Bonchev–Trinajstić information content (AvgIpc) is 2.28. The number of ether oxygens (including phenoxy) is 1. The lowest BCUT2D eigenvalue weighted by molar-refractivity contribution is -0.142. The molecule has 90 valence electrons. The number of benzene rings is 1. The predicted molar refractivity (Wildman–Crippen MR) is 59.3 cm³/mol. The van der Waals surface area contributed by atoms with Gasteiger partial charge in [-0.1, -0.05) is 36.4 Å². The third-order valence-electron chi connectivity index (χ3n) is 1.29. The van der Waals surface area contributed by atoms with Crippen molar-refractivity contribution < 1.29 is 22.1 Å². The molecule has 5 nitrogen and oxygen atoms in total. The van der Waals surface area contributed by atoms with Crippen LogP contribution in [0.1, 0.15) is 0 Å². The van der Waals surface area contributed by atoms with E-state index < -0.39 is 22.7 Å². The summed E-state index contributed by atoms with van der Waals surface area (Å²) in [5.41, 5.74) is 0. The summed E-state index contributed by atoms with van der Waals surface area (Å²) in [5.74, 6) is -0.717. The molecule has 1 rings (SSSR count). The van der Waals surface area contributed by atoms with Gasteiger partial charge in [0.1, 0.15) is 0 Å². The Morgan fingerprint density at radius 3 is 1.69 bits per heavy atom. The molecule has 0 aliphatic heterocycles. The van der Waals surface area contributed by atoms with E-state index in [2.05, 4.69) is 8.92 Å². The fourth-order valence-electron chi connectivity index (χ4n) is 0.599. The highest BCUT2D eigenvalue weighted by atomic mass is 32.2. The van der Waals surface area contributed by atoms with Crippen molar-refractivity contribution in [3.8, 4) is 0 Å². The van der Waals surface area contributed by atoms with Crippen molar-refractivity contribution in [3.63, 3.8) is 0 Å². The van der Waals surface area contributed by atoms with E-state index in [1.807, 2.05) is 36.4 Å². The second-order valence-corrected chi connectivity index (χ2v) is 4.34.